The van der Waals surface area contributed by atoms with Crippen molar-refractivity contribution < 1.29 is 34.5 Å². The number of aliphatic carboxylic acids is 1. The summed E-state index contributed by atoms with van der Waals surface area (Å²) in [5.74, 6) is -4.06. The fraction of sp³-hybridized carbons (Fsp3) is 0.583. The number of benzene rings is 1. The van der Waals surface area contributed by atoms with Crippen molar-refractivity contribution in [3.8, 4) is 5.75 Å². The maximum Gasteiger partial charge on any atom is 0.326 e. The number of hydrogen-bond acceptors (Lipinski definition) is 7. The van der Waals surface area contributed by atoms with Crippen LogP contribution in [0.2, 0.25) is 0 Å². The molecule has 0 aliphatic heterocycles. The average molecular weight is 495 g/mol. The summed E-state index contributed by atoms with van der Waals surface area (Å²) in [5.41, 5.74) is 6.74. The molecule has 0 radical (unpaired) electrons. The zero-order chi connectivity index (χ0) is 26.9. The van der Waals surface area contributed by atoms with Gasteiger partial charge in [-0.15, -0.1) is 0 Å². The Hall–Kier alpha value is -3.18. The molecule has 0 aliphatic rings. The second kappa shape index (κ2) is 13.6. The predicted molar refractivity (Wildman–Crippen MR) is 129 cm³/mol. The number of aromatic hydroxyl groups is 1. The molecular formula is C24H38N4O7. The van der Waals surface area contributed by atoms with E-state index in [0.29, 0.717) is 6.42 Å². The van der Waals surface area contributed by atoms with Crippen molar-refractivity contribution in [1.29, 1.82) is 0 Å². The Morgan fingerprint density at radius 3 is 1.80 bits per heavy atom. The van der Waals surface area contributed by atoms with Gasteiger partial charge in [-0.05, 0) is 42.9 Å². The van der Waals surface area contributed by atoms with E-state index in [4.69, 9.17) is 5.73 Å². The fourth-order valence-electron chi connectivity index (χ4n) is 3.35. The minimum atomic E-state index is -1.43. The molecule has 0 spiro atoms. The van der Waals surface area contributed by atoms with E-state index in [9.17, 15) is 34.5 Å². The standard InChI is InChI=1S/C24H38N4O7/c1-6-13(4)19(27-21(31)17(25)11-15-7-9-16(30)10-8-15)22(32)28-20(14(5)29)23(33)26-18(12(2)3)24(34)35/h7-10,12-14,17-20,29-30H,6,11,25H2,1-5H3,(H,26,33)(H,27,31)(H,28,32)(H,34,35). The topological polar surface area (TPSA) is 191 Å². The van der Waals surface area contributed by atoms with Crippen molar-refractivity contribution in [2.75, 3.05) is 0 Å². The molecule has 3 amide bonds. The molecule has 0 saturated heterocycles. The zero-order valence-corrected chi connectivity index (χ0v) is 20.8. The summed E-state index contributed by atoms with van der Waals surface area (Å²) in [7, 11) is 0. The molecule has 0 aromatic heterocycles. The number of carboxylic acids is 1. The summed E-state index contributed by atoms with van der Waals surface area (Å²) in [6.07, 6.45) is -0.637. The van der Waals surface area contributed by atoms with Crippen LogP contribution in [0.1, 0.15) is 46.6 Å². The molecule has 6 unspecified atom stereocenters. The third kappa shape index (κ3) is 9.18. The van der Waals surface area contributed by atoms with Crippen molar-refractivity contribution in [2.24, 2.45) is 17.6 Å². The lowest BCUT2D eigenvalue weighted by Crippen LogP contribution is -2.61. The number of nitrogens with one attached hydrogen (secondary N) is 3. The molecule has 1 rings (SSSR count). The summed E-state index contributed by atoms with van der Waals surface area (Å²) in [6.45, 7) is 8.09. The van der Waals surface area contributed by atoms with Gasteiger partial charge in [-0.3, -0.25) is 14.4 Å². The van der Waals surface area contributed by atoms with Gasteiger partial charge in [0.05, 0.1) is 12.1 Å². The number of carbonyl (C=O) groups is 4. The van der Waals surface area contributed by atoms with Crippen molar-refractivity contribution in [1.82, 2.24) is 16.0 Å². The van der Waals surface area contributed by atoms with E-state index < -0.39 is 59.9 Å². The highest BCUT2D eigenvalue weighted by Crippen LogP contribution is 2.13. The van der Waals surface area contributed by atoms with E-state index in [1.165, 1.54) is 19.1 Å². The highest BCUT2D eigenvalue weighted by molar-refractivity contribution is 5.94. The van der Waals surface area contributed by atoms with Gasteiger partial charge in [-0.25, -0.2) is 4.79 Å². The predicted octanol–water partition coefficient (Wildman–Crippen LogP) is -0.116. The minimum absolute atomic E-state index is 0.0834. The third-order valence-corrected chi connectivity index (χ3v) is 5.82. The number of rotatable bonds is 13. The lowest BCUT2D eigenvalue weighted by atomic mass is 9.96. The summed E-state index contributed by atoms with van der Waals surface area (Å²) < 4.78 is 0. The maximum atomic E-state index is 13.1. The minimum Gasteiger partial charge on any atom is -0.508 e. The van der Waals surface area contributed by atoms with Crippen LogP contribution in [0.3, 0.4) is 0 Å². The first-order valence-corrected chi connectivity index (χ1v) is 11.6. The van der Waals surface area contributed by atoms with Gasteiger partial charge >= 0.3 is 5.97 Å². The van der Waals surface area contributed by atoms with Gasteiger partial charge in [0.1, 0.15) is 23.9 Å². The quantitative estimate of drug-likeness (QED) is 0.197. The molecular weight excluding hydrogens is 456 g/mol. The van der Waals surface area contributed by atoms with Gasteiger partial charge in [0, 0.05) is 0 Å². The van der Waals surface area contributed by atoms with Crippen molar-refractivity contribution in [3.05, 3.63) is 29.8 Å². The van der Waals surface area contributed by atoms with Crippen LogP contribution in [-0.2, 0) is 25.6 Å². The van der Waals surface area contributed by atoms with E-state index in [2.05, 4.69) is 16.0 Å². The van der Waals surface area contributed by atoms with Crippen molar-refractivity contribution >= 4 is 23.7 Å². The number of amides is 3. The molecule has 11 nitrogen and oxygen atoms in total. The lowest BCUT2D eigenvalue weighted by molar-refractivity contribution is -0.144. The zero-order valence-electron chi connectivity index (χ0n) is 20.8. The highest BCUT2D eigenvalue weighted by atomic mass is 16.4. The van der Waals surface area contributed by atoms with Gasteiger partial charge in [0.2, 0.25) is 17.7 Å². The molecule has 0 aliphatic carbocycles. The van der Waals surface area contributed by atoms with E-state index in [1.807, 2.05) is 6.92 Å². The lowest BCUT2D eigenvalue weighted by Gasteiger charge is -2.29. The number of aliphatic hydroxyl groups excluding tert-OH is 1. The summed E-state index contributed by atoms with van der Waals surface area (Å²) in [6, 6.07) is 1.56. The van der Waals surface area contributed by atoms with E-state index in [1.54, 1.807) is 32.9 Å². The molecule has 0 bridgehead atoms. The number of carboxylic acid groups (broad SMARTS) is 1. The van der Waals surface area contributed by atoms with Crippen LogP contribution < -0.4 is 21.7 Å². The Bertz CT molecular complexity index is 873. The molecule has 0 heterocycles. The van der Waals surface area contributed by atoms with Crippen LogP contribution in [0, 0.1) is 11.8 Å². The van der Waals surface area contributed by atoms with Crippen molar-refractivity contribution in [2.45, 2.75) is 77.7 Å². The average Bonchev–Trinajstić information content (AvgIpc) is 2.79. The number of hydrogen-bond donors (Lipinski definition) is 7. The van der Waals surface area contributed by atoms with Crippen molar-refractivity contribution in [3.63, 3.8) is 0 Å². The van der Waals surface area contributed by atoms with E-state index in [0.717, 1.165) is 5.56 Å². The Labute approximate surface area is 205 Å². The van der Waals surface area contributed by atoms with Gasteiger partial charge in [0.25, 0.3) is 0 Å². The van der Waals surface area contributed by atoms with Gasteiger partial charge in [0.15, 0.2) is 0 Å². The Morgan fingerprint density at radius 1 is 0.857 bits per heavy atom. The number of nitrogens with two attached hydrogens (primary N) is 1. The number of phenolic OH excluding ortho intramolecular Hbond substituents is 1. The highest BCUT2D eigenvalue weighted by Gasteiger charge is 2.34. The Morgan fingerprint density at radius 2 is 1.34 bits per heavy atom. The third-order valence-electron chi connectivity index (χ3n) is 5.82. The summed E-state index contributed by atoms with van der Waals surface area (Å²) in [5, 5.41) is 36.2. The maximum absolute atomic E-state index is 13.1. The van der Waals surface area contributed by atoms with Crippen LogP contribution in [0.15, 0.2) is 24.3 Å². The number of carbonyl (C=O) groups excluding carboxylic acids is 3. The van der Waals surface area contributed by atoms with E-state index >= 15 is 0 Å². The van der Waals surface area contributed by atoms with Crippen LogP contribution in [-0.4, -0.2) is 69.3 Å². The summed E-state index contributed by atoms with van der Waals surface area (Å²) in [4.78, 5) is 49.9. The summed E-state index contributed by atoms with van der Waals surface area (Å²) >= 11 is 0. The fourth-order valence-corrected chi connectivity index (χ4v) is 3.35. The van der Waals surface area contributed by atoms with Gasteiger partial charge in [-0.2, -0.15) is 0 Å². The molecule has 0 saturated carbocycles. The normalized spacial score (nSPS) is 16.3. The first-order chi connectivity index (χ1) is 16.3. The number of phenols is 1. The van der Waals surface area contributed by atoms with Crippen LogP contribution >= 0.6 is 0 Å². The second-order valence-corrected chi connectivity index (χ2v) is 9.14. The van der Waals surface area contributed by atoms with Gasteiger partial charge < -0.3 is 37.0 Å². The Kier molecular flexibility index (Phi) is 11.6. The molecule has 196 valence electrons. The molecule has 6 atom stereocenters. The molecule has 11 heteroatoms. The largest absolute Gasteiger partial charge is 0.508 e. The molecule has 0 fully saturated rings. The van der Waals surface area contributed by atoms with Crippen LogP contribution in [0.25, 0.3) is 0 Å². The first-order valence-electron chi connectivity index (χ1n) is 11.6. The molecule has 8 N–H and O–H groups in total. The van der Waals surface area contributed by atoms with Crippen LogP contribution in [0.5, 0.6) is 5.75 Å². The molecule has 35 heavy (non-hydrogen) atoms. The SMILES string of the molecule is CCC(C)C(NC(=O)C(N)Cc1ccc(O)cc1)C(=O)NC(C(=O)NC(C(=O)O)C(C)C)C(C)O. The molecule has 1 aromatic rings. The Balaban J connectivity index is 2.96. The monoisotopic (exact) mass is 494 g/mol. The van der Waals surface area contributed by atoms with Gasteiger partial charge in [-0.1, -0.05) is 46.2 Å². The van der Waals surface area contributed by atoms with Crippen LogP contribution in [0.4, 0.5) is 0 Å². The van der Waals surface area contributed by atoms with E-state index in [-0.39, 0.29) is 18.1 Å². The second-order valence-electron chi connectivity index (χ2n) is 9.14. The number of aliphatic hydroxyl groups is 1. The smallest absolute Gasteiger partial charge is 0.326 e. The molecule has 1 aromatic carbocycles. The first kappa shape index (κ1) is 29.9.